The summed E-state index contributed by atoms with van der Waals surface area (Å²) in [6, 6.07) is 52.9. The highest BCUT2D eigenvalue weighted by atomic mass is 19.1. The Morgan fingerprint density at radius 1 is 0.492 bits per heavy atom. The van der Waals surface area contributed by atoms with Crippen molar-refractivity contribution in [2.75, 3.05) is 0 Å². The zero-order valence-corrected chi connectivity index (χ0v) is 34.3. The maximum atomic E-state index is 14.7. The minimum Gasteiger partial charge on any atom is -0.507 e. The molecule has 59 heavy (non-hydrogen) atoms. The standard InChI is InChI=1S/C54H46FN3O/c1-53(2,3)39-27-37(28-40(32-39)54(4,5)6)38-30-48(57-49(31-38)46-33-41(55)22-23-51(46)59)36-15-12-14-35(26-36)47-29-34(24-25-56-47)43-19-13-20-45-44-18-10-11-21-50(44)58(52(43)45)42-16-8-7-9-17-42/h7-33,59H,1-6H3. The summed E-state index contributed by atoms with van der Waals surface area (Å²) >= 11 is 0. The summed E-state index contributed by atoms with van der Waals surface area (Å²) in [6.07, 6.45) is 1.88. The molecule has 9 rings (SSSR count). The number of para-hydroxylation sites is 3. The van der Waals surface area contributed by atoms with E-state index in [9.17, 15) is 9.50 Å². The third-order valence-corrected chi connectivity index (χ3v) is 11.3. The SMILES string of the molecule is CC(C)(C)c1cc(-c2cc(-c3cccc(-c4cc(-c5cccc6c7ccccc7n(-c7ccccc7)c56)ccn4)c3)nc(-c3cc(F)ccc3O)c2)cc(C(C)(C)C)c1. The van der Waals surface area contributed by atoms with Gasteiger partial charge in [0, 0.05) is 44.9 Å². The third-order valence-electron chi connectivity index (χ3n) is 11.3. The Bertz CT molecular complexity index is 3010. The summed E-state index contributed by atoms with van der Waals surface area (Å²) in [5.41, 5.74) is 14.0. The molecule has 290 valence electrons. The largest absolute Gasteiger partial charge is 0.507 e. The number of aromatic hydroxyl groups is 1. The predicted molar refractivity (Wildman–Crippen MR) is 243 cm³/mol. The molecule has 0 fully saturated rings. The Hall–Kier alpha value is -6.85. The van der Waals surface area contributed by atoms with Crippen molar-refractivity contribution in [1.82, 2.24) is 14.5 Å². The van der Waals surface area contributed by atoms with E-state index in [0.717, 1.165) is 55.8 Å². The molecule has 0 saturated carbocycles. The fourth-order valence-electron chi connectivity index (χ4n) is 8.05. The second-order valence-electron chi connectivity index (χ2n) is 17.5. The number of rotatable bonds is 6. The molecule has 5 heteroatoms. The van der Waals surface area contributed by atoms with Crippen LogP contribution in [-0.4, -0.2) is 19.6 Å². The van der Waals surface area contributed by atoms with E-state index in [4.69, 9.17) is 9.97 Å². The van der Waals surface area contributed by atoms with E-state index in [1.54, 1.807) is 0 Å². The summed E-state index contributed by atoms with van der Waals surface area (Å²) < 4.78 is 17.1. The van der Waals surface area contributed by atoms with Gasteiger partial charge in [-0.25, -0.2) is 9.37 Å². The van der Waals surface area contributed by atoms with Gasteiger partial charge in [-0.3, -0.25) is 4.98 Å². The molecule has 3 heterocycles. The highest BCUT2D eigenvalue weighted by Crippen LogP contribution is 2.41. The molecule has 0 atom stereocenters. The first-order chi connectivity index (χ1) is 28.3. The predicted octanol–water partition coefficient (Wildman–Crippen LogP) is 14.3. The average molecular weight is 772 g/mol. The van der Waals surface area contributed by atoms with E-state index in [2.05, 4.69) is 161 Å². The minimum absolute atomic E-state index is 0.0306. The van der Waals surface area contributed by atoms with Crippen LogP contribution in [0.3, 0.4) is 0 Å². The summed E-state index contributed by atoms with van der Waals surface area (Å²) in [4.78, 5) is 9.98. The summed E-state index contributed by atoms with van der Waals surface area (Å²) in [5, 5.41) is 13.4. The van der Waals surface area contributed by atoms with Crippen molar-refractivity contribution in [3.63, 3.8) is 0 Å². The number of aromatic nitrogens is 3. The van der Waals surface area contributed by atoms with Crippen molar-refractivity contribution >= 4 is 21.8 Å². The molecule has 0 saturated heterocycles. The van der Waals surface area contributed by atoms with E-state index in [1.807, 2.05) is 30.5 Å². The van der Waals surface area contributed by atoms with Gasteiger partial charge in [0.2, 0.25) is 0 Å². The molecule has 0 bridgehead atoms. The Balaban J connectivity index is 1.19. The molecular weight excluding hydrogens is 726 g/mol. The van der Waals surface area contributed by atoms with Gasteiger partial charge in [0.15, 0.2) is 0 Å². The Morgan fingerprint density at radius 3 is 1.86 bits per heavy atom. The lowest BCUT2D eigenvalue weighted by molar-refractivity contribution is 0.475. The number of hydrogen-bond acceptors (Lipinski definition) is 3. The highest BCUT2D eigenvalue weighted by molar-refractivity contribution is 6.13. The number of hydrogen-bond donors (Lipinski definition) is 1. The molecular formula is C54H46FN3O. The monoisotopic (exact) mass is 771 g/mol. The van der Waals surface area contributed by atoms with Crippen LogP contribution in [0.5, 0.6) is 5.75 Å². The fourth-order valence-corrected chi connectivity index (χ4v) is 8.05. The number of pyridine rings is 2. The van der Waals surface area contributed by atoms with Gasteiger partial charge in [-0.15, -0.1) is 0 Å². The molecule has 9 aromatic rings. The number of benzene rings is 6. The Morgan fingerprint density at radius 2 is 1.12 bits per heavy atom. The van der Waals surface area contributed by atoms with Crippen LogP contribution in [0.15, 0.2) is 164 Å². The van der Waals surface area contributed by atoms with Gasteiger partial charge in [-0.2, -0.15) is 0 Å². The van der Waals surface area contributed by atoms with Crippen molar-refractivity contribution in [2.24, 2.45) is 0 Å². The van der Waals surface area contributed by atoms with Crippen LogP contribution in [0.4, 0.5) is 4.39 Å². The number of phenols is 1. The van der Waals surface area contributed by atoms with Crippen molar-refractivity contribution in [3.05, 3.63) is 181 Å². The van der Waals surface area contributed by atoms with Gasteiger partial charge >= 0.3 is 0 Å². The molecule has 0 unspecified atom stereocenters. The zero-order chi connectivity index (χ0) is 41.1. The van der Waals surface area contributed by atoms with Crippen LogP contribution >= 0.6 is 0 Å². The van der Waals surface area contributed by atoms with E-state index >= 15 is 0 Å². The second kappa shape index (κ2) is 14.5. The van der Waals surface area contributed by atoms with E-state index in [-0.39, 0.29) is 16.6 Å². The van der Waals surface area contributed by atoms with Crippen LogP contribution in [0.1, 0.15) is 52.7 Å². The quantitative estimate of drug-likeness (QED) is 0.183. The first-order valence-corrected chi connectivity index (χ1v) is 20.1. The lowest BCUT2D eigenvalue weighted by Gasteiger charge is -2.26. The van der Waals surface area contributed by atoms with Gasteiger partial charge in [0.25, 0.3) is 0 Å². The van der Waals surface area contributed by atoms with Crippen molar-refractivity contribution in [3.8, 4) is 67.5 Å². The molecule has 0 aliphatic heterocycles. The van der Waals surface area contributed by atoms with Crippen LogP contribution in [0.2, 0.25) is 0 Å². The number of phenolic OH excluding ortho intramolecular Hbond substituents is 1. The van der Waals surface area contributed by atoms with E-state index < -0.39 is 5.82 Å². The molecule has 4 nitrogen and oxygen atoms in total. The Kier molecular flexibility index (Phi) is 9.28. The van der Waals surface area contributed by atoms with Crippen LogP contribution < -0.4 is 0 Å². The molecule has 3 aromatic heterocycles. The maximum Gasteiger partial charge on any atom is 0.125 e. The molecule has 1 N–H and O–H groups in total. The molecule has 6 aromatic carbocycles. The van der Waals surface area contributed by atoms with Crippen molar-refractivity contribution in [2.45, 2.75) is 52.4 Å². The van der Waals surface area contributed by atoms with Crippen molar-refractivity contribution < 1.29 is 9.50 Å². The first-order valence-electron chi connectivity index (χ1n) is 20.1. The second-order valence-corrected chi connectivity index (χ2v) is 17.5. The van der Waals surface area contributed by atoms with Gasteiger partial charge in [0.1, 0.15) is 11.6 Å². The lowest BCUT2D eigenvalue weighted by Crippen LogP contribution is -2.16. The maximum absolute atomic E-state index is 14.7. The summed E-state index contributed by atoms with van der Waals surface area (Å²) in [5.74, 6) is -0.471. The van der Waals surface area contributed by atoms with Gasteiger partial charge < -0.3 is 9.67 Å². The van der Waals surface area contributed by atoms with Gasteiger partial charge in [-0.1, -0.05) is 133 Å². The smallest absolute Gasteiger partial charge is 0.125 e. The van der Waals surface area contributed by atoms with Crippen LogP contribution in [0.25, 0.3) is 83.5 Å². The number of nitrogens with zero attached hydrogens (tertiary/aromatic N) is 3. The van der Waals surface area contributed by atoms with Crippen LogP contribution in [0, 0.1) is 5.82 Å². The minimum atomic E-state index is -0.441. The summed E-state index contributed by atoms with van der Waals surface area (Å²) in [7, 11) is 0. The highest BCUT2D eigenvalue weighted by Gasteiger charge is 2.23. The lowest BCUT2D eigenvalue weighted by atomic mass is 9.79. The Labute approximate surface area is 345 Å². The fraction of sp³-hybridized carbons (Fsp3) is 0.148. The van der Waals surface area contributed by atoms with Gasteiger partial charge in [-0.05, 0) is 105 Å². The van der Waals surface area contributed by atoms with Crippen LogP contribution in [-0.2, 0) is 10.8 Å². The molecule has 0 radical (unpaired) electrons. The first kappa shape index (κ1) is 37.7. The zero-order valence-electron chi connectivity index (χ0n) is 34.3. The molecule has 0 aliphatic carbocycles. The summed E-state index contributed by atoms with van der Waals surface area (Å²) in [6.45, 7) is 13.4. The normalized spacial score (nSPS) is 12.1. The van der Waals surface area contributed by atoms with Crippen molar-refractivity contribution in [1.29, 1.82) is 0 Å². The third kappa shape index (κ3) is 7.18. The average Bonchev–Trinajstić information content (AvgIpc) is 3.59. The molecule has 0 amide bonds. The van der Waals surface area contributed by atoms with E-state index in [0.29, 0.717) is 17.0 Å². The van der Waals surface area contributed by atoms with Gasteiger partial charge in [0.05, 0.1) is 28.1 Å². The molecule has 0 spiro atoms. The molecule has 0 aliphatic rings. The topological polar surface area (TPSA) is 50.9 Å². The number of halogens is 1. The number of fused-ring (bicyclic) bond motifs is 3. The van der Waals surface area contributed by atoms with E-state index in [1.165, 1.54) is 40.1 Å².